The van der Waals surface area contributed by atoms with Crippen LogP contribution in [0.25, 0.3) is 0 Å². The number of anilines is 3. The predicted octanol–water partition coefficient (Wildman–Crippen LogP) is 3.94. The normalized spacial score (nSPS) is 13.2. The van der Waals surface area contributed by atoms with Crippen LogP contribution in [0.4, 0.5) is 17.1 Å². The zero-order chi connectivity index (χ0) is 18.0. The number of fused-ring (bicyclic) bond motifs is 1. The Morgan fingerprint density at radius 1 is 1.12 bits per heavy atom. The van der Waals surface area contributed by atoms with Crippen molar-refractivity contribution in [1.29, 1.82) is 0 Å². The quantitative estimate of drug-likeness (QED) is 0.847. The summed E-state index contributed by atoms with van der Waals surface area (Å²) >= 11 is 0. The molecule has 0 fully saturated rings. The fraction of sp³-hybridized carbons (Fsp3) is 0.286. The summed E-state index contributed by atoms with van der Waals surface area (Å²) in [7, 11) is 4.08. The Morgan fingerprint density at radius 3 is 2.48 bits per heavy atom. The van der Waals surface area contributed by atoms with Gasteiger partial charge in [-0.3, -0.25) is 4.79 Å². The van der Waals surface area contributed by atoms with Gasteiger partial charge in [0, 0.05) is 46.0 Å². The number of amides is 1. The lowest BCUT2D eigenvalue weighted by molar-refractivity contribution is -0.129. The molecule has 0 bridgehead atoms. The van der Waals surface area contributed by atoms with Crippen molar-refractivity contribution >= 4 is 23.0 Å². The third-order valence-electron chi connectivity index (χ3n) is 4.73. The Hall–Kier alpha value is -2.75. The van der Waals surface area contributed by atoms with E-state index in [4.69, 9.17) is 0 Å². The number of para-hydroxylation sites is 2. The van der Waals surface area contributed by atoms with E-state index in [-0.39, 0.29) is 5.91 Å². The van der Waals surface area contributed by atoms with Gasteiger partial charge in [-0.25, -0.2) is 0 Å². The first-order valence-corrected chi connectivity index (χ1v) is 8.56. The lowest BCUT2D eigenvalue weighted by atomic mass is 9.98. The van der Waals surface area contributed by atoms with Crippen molar-refractivity contribution in [2.24, 2.45) is 0 Å². The highest BCUT2D eigenvalue weighted by atomic mass is 16.2. The summed E-state index contributed by atoms with van der Waals surface area (Å²) in [5, 5.41) is 0. The lowest BCUT2D eigenvalue weighted by Crippen LogP contribution is -2.34. The van der Waals surface area contributed by atoms with Gasteiger partial charge in [0.25, 0.3) is 0 Å². The molecule has 4 heteroatoms. The summed E-state index contributed by atoms with van der Waals surface area (Å²) in [6.45, 7) is 7.13. The second-order valence-electron chi connectivity index (χ2n) is 6.58. The van der Waals surface area contributed by atoms with Gasteiger partial charge in [-0.1, -0.05) is 24.8 Å². The lowest BCUT2D eigenvalue weighted by Gasteiger charge is -2.30. The molecule has 3 rings (SSSR count). The molecular weight excluding hydrogens is 310 g/mol. The number of carbonyl (C=O) groups is 1. The molecule has 0 unspecified atom stereocenters. The number of rotatable bonds is 4. The van der Waals surface area contributed by atoms with E-state index >= 15 is 0 Å². The van der Waals surface area contributed by atoms with Crippen molar-refractivity contribution < 1.29 is 4.79 Å². The third kappa shape index (κ3) is 3.38. The summed E-state index contributed by atoms with van der Waals surface area (Å²) in [6, 6.07) is 14.8. The van der Waals surface area contributed by atoms with Crippen LogP contribution < -0.4 is 9.80 Å². The number of hydrogen-bond acceptors (Lipinski definition) is 3. The number of hydrogen-bond donors (Lipinski definition) is 0. The van der Waals surface area contributed by atoms with Crippen molar-refractivity contribution in [2.75, 3.05) is 30.4 Å². The van der Waals surface area contributed by atoms with Crippen molar-refractivity contribution in [3.63, 3.8) is 0 Å². The molecule has 1 aliphatic heterocycles. The maximum absolute atomic E-state index is 11.7. The number of carbonyl (C=O) groups excluding carboxylic acids is 1. The standard InChI is InChI=1S/C21H25N3O/c1-5-24(21-9-7-6-8-20(21)22(3)4)19-11-10-17-12-13-23(16(2)25)15-18(17)14-19/h5-11,14H,1,12-13,15H2,2-4H3. The fourth-order valence-electron chi connectivity index (χ4n) is 3.35. The minimum Gasteiger partial charge on any atom is -0.376 e. The largest absolute Gasteiger partial charge is 0.376 e. The van der Waals surface area contributed by atoms with Crippen LogP contribution in [-0.4, -0.2) is 31.4 Å². The summed E-state index contributed by atoms with van der Waals surface area (Å²) in [5.74, 6) is 0.134. The molecule has 25 heavy (non-hydrogen) atoms. The third-order valence-corrected chi connectivity index (χ3v) is 4.73. The van der Waals surface area contributed by atoms with Crippen LogP contribution in [0.5, 0.6) is 0 Å². The monoisotopic (exact) mass is 335 g/mol. The van der Waals surface area contributed by atoms with E-state index in [1.807, 2.05) is 37.3 Å². The smallest absolute Gasteiger partial charge is 0.219 e. The van der Waals surface area contributed by atoms with E-state index in [1.165, 1.54) is 11.1 Å². The Labute approximate surface area is 150 Å². The molecule has 2 aromatic carbocycles. The first kappa shape index (κ1) is 17.1. The van der Waals surface area contributed by atoms with Gasteiger partial charge >= 0.3 is 0 Å². The van der Waals surface area contributed by atoms with Crippen LogP contribution >= 0.6 is 0 Å². The van der Waals surface area contributed by atoms with Gasteiger partial charge in [0.2, 0.25) is 5.91 Å². The van der Waals surface area contributed by atoms with E-state index < -0.39 is 0 Å². The molecule has 1 amide bonds. The molecule has 0 N–H and O–H groups in total. The van der Waals surface area contributed by atoms with Gasteiger partial charge in [-0.05, 0) is 41.8 Å². The molecule has 4 nitrogen and oxygen atoms in total. The van der Waals surface area contributed by atoms with Gasteiger partial charge < -0.3 is 14.7 Å². The highest BCUT2D eigenvalue weighted by molar-refractivity contribution is 5.79. The summed E-state index contributed by atoms with van der Waals surface area (Å²) < 4.78 is 0. The summed E-state index contributed by atoms with van der Waals surface area (Å²) in [6.07, 6.45) is 2.76. The number of nitrogens with zero attached hydrogens (tertiary/aromatic N) is 3. The molecule has 130 valence electrons. The highest BCUT2D eigenvalue weighted by Crippen LogP contribution is 2.35. The molecule has 0 radical (unpaired) electrons. The van der Waals surface area contributed by atoms with Gasteiger partial charge in [0.15, 0.2) is 0 Å². The van der Waals surface area contributed by atoms with Crippen LogP contribution in [0.3, 0.4) is 0 Å². The molecule has 2 aromatic rings. The van der Waals surface area contributed by atoms with Crippen molar-refractivity contribution in [2.45, 2.75) is 19.9 Å². The first-order valence-electron chi connectivity index (χ1n) is 8.56. The van der Waals surface area contributed by atoms with Gasteiger partial charge in [-0.15, -0.1) is 0 Å². The predicted molar refractivity (Wildman–Crippen MR) is 104 cm³/mol. The van der Waals surface area contributed by atoms with Crippen molar-refractivity contribution in [3.05, 3.63) is 66.4 Å². The first-order chi connectivity index (χ1) is 12.0. The second kappa shape index (κ2) is 7.01. The molecule has 0 saturated heterocycles. The van der Waals surface area contributed by atoms with Gasteiger partial charge in [0.1, 0.15) is 0 Å². The molecule has 1 aliphatic rings. The van der Waals surface area contributed by atoms with Gasteiger partial charge in [-0.2, -0.15) is 0 Å². The number of benzene rings is 2. The maximum atomic E-state index is 11.7. The minimum absolute atomic E-state index is 0.134. The molecule has 0 atom stereocenters. The Kier molecular flexibility index (Phi) is 4.79. The average Bonchev–Trinajstić information content (AvgIpc) is 2.62. The Balaban J connectivity index is 2.00. The average molecular weight is 335 g/mol. The van der Waals surface area contributed by atoms with E-state index in [0.717, 1.165) is 30.0 Å². The van der Waals surface area contributed by atoms with Gasteiger partial charge in [0.05, 0.1) is 11.4 Å². The zero-order valence-electron chi connectivity index (χ0n) is 15.2. The van der Waals surface area contributed by atoms with E-state index in [1.54, 1.807) is 6.92 Å². The van der Waals surface area contributed by atoms with Crippen LogP contribution in [0.15, 0.2) is 55.2 Å². The summed E-state index contributed by atoms with van der Waals surface area (Å²) in [4.78, 5) is 17.8. The highest BCUT2D eigenvalue weighted by Gasteiger charge is 2.20. The minimum atomic E-state index is 0.134. The maximum Gasteiger partial charge on any atom is 0.219 e. The Bertz CT molecular complexity index is 797. The van der Waals surface area contributed by atoms with E-state index in [9.17, 15) is 4.79 Å². The molecule has 0 spiro atoms. The fourth-order valence-corrected chi connectivity index (χ4v) is 3.35. The zero-order valence-corrected chi connectivity index (χ0v) is 15.2. The van der Waals surface area contributed by atoms with E-state index in [0.29, 0.717) is 6.54 Å². The van der Waals surface area contributed by atoms with Crippen LogP contribution in [-0.2, 0) is 17.8 Å². The SMILES string of the molecule is C=CN(c1ccc2c(c1)CN(C(C)=O)CC2)c1ccccc1N(C)C. The second-order valence-corrected chi connectivity index (χ2v) is 6.58. The topological polar surface area (TPSA) is 26.8 Å². The van der Waals surface area contributed by atoms with Crippen LogP contribution in [0.2, 0.25) is 0 Å². The summed E-state index contributed by atoms with van der Waals surface area (Å²) in [5.41, 5.74) is 5.82. The Morgan fingerprint density at radius 2 is 1.84 bits per heavy atom. The molecular formula is C21H25N3O. The van der Waals surface area contributed by atoms with Crippen LogP contribution in [0.1, 0.15) is 18.1 Å². The molecule has 0 aromatic heterocycles. The van der Waals surface area contributed by atoms with Crippen LogP contribution in [0, 0.1) is 0 Å². The molecule has 0 aliphatic carbocycles. The van der Waals surface area contributed by atoms with Crippen molar-refractivity contribution in [3.8, 4) is 0 Å². The van der Waals surface area contributed by atoms with Crippen molar-refractivity contribution in [1.82, 2.24) is 4.90 Å². The molecule has 1 heterocycles. The molecule has 0 saturated carbocycles. The van der Waals surface area contributed by atoms with E-state index in [2.05, 4.69) is 46.7 Å².